The molecule has 0 aliphatic heterocycles. The zero-order valence-corrected chi connectivity index (χ0v) is 14.1. The molecule has 0 aliphatic rings. The van der Waals surface area contributed by atoms with Gasteiger partial charge in [-0.05, 0) is 30.7 Å². The average molecular weight is 332 g/mol. The van der Waals surface area contributed by atoms with E-state index in [1.54, 1.807) is 45.4 Å². The minimum atomic E-state index is -0.761. The Morgan fingerprint density at radius 1 is 1.12 bits per heavy atom. The van der Waals surface area contributed by atoms with Gasteiger partial charge in [0.2, 0.25) is 0 Å². The molecule has 1 aromatic heterocycles. The van der Waals surface area contributed by atoms with E-state index in [2.05, 4.69) is 5.10 Å². The van der Waals surface area contributed by atoms with Crippen LogP contribution in [-0.4, -0.2) is 37.1 Å². The Kier molecular flexibility index (Phi) is 5.57. The van der Waals surface area contributed by atoms with Gasteiger partial charge in [0.25, 0.3) is 5.56 Å². The summed E-state index contributed by atoms with van der Waals surface area (Å²) in [6.07, 6.45) is 0.398. The highest BCUT2D eigenvalue weighted by Crippen LogP contribution is 2.31. The van der Waals surface area contributed by atoms with Crippen molar-refractivity contribution in [3.8, 4) is 22.8 Å². The molecule has 0 spiro atoms. The van der Waals surface area contributed by atoms with Gasteiger partial charge in [0.05, 0.1) is 27.0 Å². The third kappa shape index (κ3) is 3.40. The Morgan fingerprint density at radius 2 is 1.83 bits per heavy atom. The van der Waals surface area contributed by atoms with Gasteiger partial charge in [0, 0.05) is 11.6 Å². The molecular weight excluding hydrogens is 312 g/mol. The summed E-state index contributed by atoms with van der Waals surface area (Å²) < 4.78 is 16.4. The van der Waals surface area contributed by atoms with Crippen LogP contribution in [0.2, 0.25) is 0 Å². The first kappa shape index (κ1) is 17.5. The van der Waals surface area contributed by atoms with Crippen LogP contribution in [0, 0.1) is 0 Å². The summed E-state index contributed by atoms with van der Waals surface area (Å²) in [6, 6.07) is 7.53. The molecule has 7 nitrogen and oxygen atoms in total. The van der Waals surface area contributed by atoms with E-state index in [0.717, 1.165) is 10.2 Å². The van der Waals surface area contributed by atoms with Crippen molar-refractivity contribution in [2.75, 3.05) is 21.3 Å². The molecule has 0 N–H and O–H groups in total. The molecule has 1 unspecified atom stereocenters. The van der Waals surface area contributed by atoms with E-state index >= 15 is 0 Å². The predicted molar refractivity (Wildman–Crippen MR) is 88.4 cm³/mol. The largest absolute Gasteiger partial charge is 0.493 e. The Labute approximate surface area is 139 Å². The molecule has 2 aromatic rings. The van der Waals surface area contributed by atoms with Gasteiger partial charge >= 0.3 is 5.97 Å². The number of carbonyl (C=O) groups excluding carboxylic acids is 1. The molecule has 24 heavy (non-hydrogen) atoms. The summed E-state index contributed by atoms with van der Waals surface area (Å²) in [6.45, 7) is 1.79. The number of ether oxygens (including phenoxy) is 3. The average Bonchev–Trinajstić information content (AvgIpc) is 2.62. The summed E-state index contributed by atoms with van der Waals surface area (Å²) in [5, 5.41) is 4.32. The summed E-state index contributed by atoms with van der Waals surface area (Å²) in [4.78, 5) is 24.0. The minimum absolute atomic E-state index is 0.364. The first-order valence-corrected chi connectivity index (χ1v) is 7.45. The lowest BCUT2D eigenvalue weighted by Gasteiger charge is -2.15. The number of aromatic nitrogens is 2. The van der Waals surface area contributed by atoms with Crippen molar-refractivity contribution in [1.29, 1.82) is 0 Å². The zero-order valence-electron chi connectivity index (χ0n) is 14.1. The SMILES string of the molecule is CCC(C(=O)OC)n1nc(-c2ccc(OC)c(OC)c2)ccc1=O. The highest BCUT2D eigenvalue weighted by Gasteiger charge is 2.22. The maximum Gasteiger partial charge on any atom is 0.330 e. The molecule has 0 saturated carbocycles. The van der Waals surface area contributed by atoms with Crippen LogP contribution < -0.4 is 15.0 Å². The van der Waals surface area contributed by atoms with Crippen molar-refractivity contribution < 1.29 is 19.0 Å². The van der Waals surface area contributed by atoms with Crippen molar-refractivity contribution in [2.24, 2.45) is 0 Å². The van der Waals surface area contributed by atoms with Crippen molar-refractivity contribution in [1.82, 2.24) is 9.78 Å². The van der Waals surface area contributed by atoms with Gasteiger partial charge in [-0.3, -0.25) is 4.79 Å². The van der Waals surface area contributed by atoms with Crippen LogP contribution in [0.25, 0.3) is 11.3 Å². The Hall–Kier alpha value is -2.83. The second kappa shape index (κ2) is 7.63. The van der Waals surface area contributed by atoms with E-state index in [-0.39, 0.29) is 5.56 Å². The molecule has 0 amide bonds. The normalized spacial score (nSPS) is 11.7. The van der Waals surface area contributed by atoms with Crippen LogP contribution in [0.4, 0.5) is 0 Å². The van der Waals surface area contributed by atoms with E-state index in [1.807, 2.05) is 0 Å². The van der Waals surface area contributed by atoms with Gasteiger partial charge in [0.1, 0.15) is 0 Å². The topological polar surface area (TPSA) is 79.7 Å². The van der Waals surface area contributed by atoms with Gasteiger partial charge in [-0.2, -0.15) is 5.10 Å². The fraction of sp³-hybridized carbons (Fsp3) is 0.353. The highest BCUT2D eigenvalue weighted by molar-refractivity contribution is 5.74. The quantitative estimate of drug-likeness (QED) is 0.753. The molecule has 1 heterocycles. The molecule has 1 atom stereocenters. The monoisotopic (exact) mass is 332 g/mol. The molecule has 0 aliphatic carbocycles. The number of esters is 1. The van der Waals surface area contributed by atoms with Gasteiger partial charge in [-0.25, -0.2) is 9.48 Å². The molecule has 0 bridgehead atoms. The first-order valence-electron chi connectivity index (χ1n) is 7.45. The number of nitrogens with zero attached hydrogens (tertiary/aromatic N) is 2. The number of rotatable bonds is 6. The summed E-state index contributed by atoms with van der Waals surface area (Å²) in [7, 11) is 4.38. The number of hydrogen-bond donors (Lipinski definition) is 0. The van der Waals surface area contributed by atoms with Crippen LogP contribution in [-0.2, 0) is 9.53 Å². The first-order chi connectivity index (χ1) is 11.5. The lowest BCUT2D eigenvalue weighted by molar-refractivity contribution is -0.145. The highest BCUT2D eigenvalue weighted by atomic mass is 16.5. The standard InChI is InChI=1S/C17H20N2O5/c1-5-13(17(21)24-4)19-16(20)9-7-12(18-19)11-6-8-14(22-2)15(10-11)23-3/h6-10,13H,5H2,1-4H3. The minimum Gasteiger partial charge on any atom is -0.493 e. The summed E-state index contributed by atoms with van der Waals surface area (Å²) in [5.74, 6) is 0.640. The van der Waals surface area contributed by atoms with Crippen LogP contribution in [0.15, 0.2) is 35.1 Å². The van der Waals surface area contributed by atoms with E-state index in [4.69, 9.17) is 14.2 Å². The Bertz CT molecular complexity index is 785. The lowest BCUT2D eigenvalue weighted by atomic mass is 10.1. The number of methoxy groups -OCH3 is 3. The maximum absolute atomic E-state index is 12.1. The molecular formula is C17H20N2O5. The fourth-order valence-corrected chi connectivity index (χ4v) is 2.37. The lowest BCUT2D eigenvalue weighted by Crippen LogP contribution is -2.32. The van der Waals surface area contributed by atoms with E-state index in [9.17, 15) is 9.59 Å². The third-order valence-corrected chi connectivity index (χ3v) is 3.66. The van der Waals surface area contributed by atoms with Gasteiger partial charge in [-0.1, -0.05) is 6.92 Å². The van der Waals surface area contributed by atoms with Crippen molar-refractivity contribution in [3.63, 3.8) is 0 Å². The van der Waals surface area contributed by atoms with Crippen LogP contribution >= 0.6 is 0 Å². The summed E-state index contributed by atoms with van der Waals surface area (Å²) >= 11 is 0. The number of hydrogen-bond acceptors (Lipinski definition) is 6. The van der Waals surface area contributed by atoms with Crippen molar-refractivity contribution in [2.45, 2.75) is 19.4 Å². The molecule has 1 aromatic carbocycles. The molecule has 2 rings (SSSR count). The van der Waals surface area contributed by atoms with Crippen molar-refractivity contribution >= 4 is 5.97 Å². The Morgan fingerprint density at radius 3 is 2.42 bits per heavy atom. The Balaban J connectivity index is 2.52. The second-order valence-corrected chi connectivity index (χ2v) is 5.02. The molecule has 0 saturated heterocycles. The molecule has 0 fully saturated rings. The van der Waals surface area contributed by atoms with Gasteiger partial charge in [-0.15, -0.1) is 0 Å². The number of carbonyl (C=O) groups is 1. The number of benzene rings is 1. The molecule has 128 valence electrons. The van der Waals surface area contributed by atoms with Crippen LogP contribution in [0.5, 0.6) is 11.5 Å². The zero-order chi connectivity index (χ0) is 17.7. The fourth-order valence-electron chi connectivity index (χ4n) is 2.37. The second-order valence-electron chi connectivity index (χ2n) is 5.02. The van der Waals surface area contributed by atoms with Crippen LogP contribution in [0.3, 0.4) is 0 Å². The molecule has 7 heteroatoms. The van der Waals surface area contributed by atoms with Gasteiger partial charge in [0.15, 0.2) is 17.5 Å². The van der Waals surface area contributed by atoms with Crippen LogP contribution in [0.1, 0.15) is 19.4 Å². The molecule has 0 radical (unpaired) electrons. The predicted octanol–water partition coefficient (Wildman–Crippen LogP) is 2.05. The van der Waals surface area contributed by atoms with E-state index in [0.29, 0.717) is 23.6 Å². The van der Waals surface area contributed by atoms with E-state index < -0.39 is 12.0 Å². The van der Waals surface area contributed by atoms with Gasteiger partial charge < -0.3 is 14.2 Å². The maximum atomic E-state index is 12.1. The smallest absolute Gasteiger partial charge is 0.330 e. The summed E-state index contributed by atoms with van der Waals surface area (Å²) in [5.41, 5.74) is 0.913. The van der Waals surface area contributed by atoms with E-state index in [1.165, 1.54) is 13.2 Å². The van der Waals surface area contributed by atoms with Crippen molar-refractivity contribution in [3.05, 3.63) is 40.7 Å². The third-order valence-electron chi connectivity index (χ3n) is 3.66.